The second-order valence-corrected chi connectivity index (χ2v) is 14.1. The van der Waals surface area contributed by atoms with Gasteiger partial charge < -0.3 is 42.3 Å². The van der Waals surface area contributed by atoms with E-state index in [1.807, 2.05) is 41.5 Å². The molecule has 0 aliphatic heterocycles. The molecule has 0 bridgehead atoms. The first-order chi connectivity index (χ1) is 15.0. The zero-order valence-corrected chi connectivity index (χ0v) is 26.3. The highest BCUT2D eigenvalue weighted by molar-refractivity contribution is 7.68. The lowest BCUT2D eigenvalue weighted by Gasteiger charge is -2.35. The molecule has 0 aromatic heterocycles. The minimum atomic E-state index is -5.58. The van der Waals surface area contributed by atoms with Gasteiger partial charge in [-0.1, -0.05) is 46.6 Å². The Balaban J connectivity index is -0.00000171. The van der Waals surface area contributed by atoms with Crippen molar-refractivity contribution in [2.24, 2.45) is 0 Å². The molecule has 0 radical (unpaired) electrons. The molecule has 0 amide bonds. The Hall–Kier alpha value is -0.670. The van der Waals surface area contributed by atoms with Crippen LogP contribution in [0.15, 0.2) is 46.6 Å². The van der Waals surface area contributed by atoms with E-state index in [4.69, 9.17) is 0 Å². The summed E-state index contributed by atoms with van der Waals surface area (Å²) in [6.45, 7) is 11.6. The highest BCUT2D eigenvalue weighted by Gasteiger charge is 2.23. The fourth-order valence-electron chi connectivity index (χ4n) is 2.72. The molecule has 0 aromatic rings. The minimum Gasteiger partial charge on any atom is -0.778 e. The van der Waals surface area contributed by atoms with Crippen molar-refractivity contribution in [1.29, 1.82) is 0 Å². The minimum absolute atomic E-state index is 0. The van der Waals surface area contributed by atoms with Crippen molar-refractivity contribution in [3.63, 3.8) is 0 Å². The molecule has 11 nitrogen and oxygen atoms in total. The molecule has 12 N–H and O–H groups in total. The van der Waals surface area contributed by atoms with Gasteiger partial charge in [0.1, 0.15) is 15.2 Å². The van der Waals surface area contributed by atoms with E-state index < -0.39 is 35.3 Å². The average Bonchev–Trinajstić information content (AvgIpc) is 2.58. The van der Waals surface area contributed by atoms with Crippen LogP contribution >= 0.6 is 23.0 Å². The van der Waals surface area contributed by atoms with E-state index in [9.17, 15) is 28.4 Å². The van der Waals surface area contributed by atoms with Crippen LogP contribution in [0.3, 0.4) is 0 Å². The number of hydrogen-bond acceptors (Lipinski definition) is 8. The Kier molecular flexibility index (Phi) is 23.9. The molecule has 0 rings (SSSR count). The topological polar surface area (TPSA) is 248 Å². The van der Waals surface area contributed by atoms with Gasteiger partial charge in [-0.2, -0.15) is 0 Å². The predicted molar refractivity (Wildman–Crippen MR) is 147 cm³/mol. The van der Waals surface area contributed by atoms with Crippen LogP contribution < -0.4 is 33.1 Å². The van der Waals surface area contributed by atoms with Crippen molar-refractivity contribution in [2.45, 2.75) is 80.1 Å². The van der Waals surface area contributed by atoms with Gasteiger partial charge in [0.2, 0.25) is 0 Å². The van der Waals surface area contributed by atoms with Crippen LogP contribution in [0.5, 0.6) is 0 Å². The van der Waals surface area contributed by atoms with Crippen LogP contribution in [-0.4, -0.2) is 12.3 Å². The second-order valence-electron chi connectivity index (χ2n) is 8.60. The van der Waals surface area contributed by atoms with Crippen molar-refractivity contribution in [3.05, 3.63) is 46.6 Å². The van der Waals surface area contributed by atoms with Gasteiger partial charge in [0.15, 0.2) is 0 Å². The maximum Gasteiger partial charge on any atom is 0.277 e. The molecule has 2 unspecified atom stereocenters. The van der Waals surface area contributed by atoms with Crippen LogP contribution in [0.25, 0.3) is 0 Å². The summed E-state index contributed by atoms with van der Waals surface area (Å²) in [6, 6.07) is 0. The predicted octanol–water partition coefficient (Wildman–Crippen LogP) is 6.89. The summed E-state index contributed by atoms with van der Waals surface area (Å²) < 4.78 is 44.0. The number of quaternary nitrogens is 3. The zero-order valence-electron chi connectivity index (χ0n) is 23.6. The highest BCUT2D eigenvalue weighted by atomic mass is 31.3. The summed E-state index contributed by atoms with van der Waals surface area (Å²) in [5, 5.41) is 0. The first-order valence-electron chi connectivity index (χ1n) is 11.0. The normalized spacial score (nSPS) is 16.6. The molecule has 2 atom stereocenters. The monoisotopic (exact) mass is 577 g/mol. The van der Waals surface area contributed by atoms with Crippen LogP contribution in [0.1, 0.15) is 80.1 Å². The zero-order chi connectivity index (χ0) is 25.7. The molecule has 36 heavy (non-hydrogen) atoms. The third kappa shape index (κ3) is 25.0. The molecule has 0 heterocycles. The second kappa shape index (κ2) is 20.3. The standard InChI is InChI=1S/C22H41O8P3.3H3N/c1-19(2)11-7-13-21(5)15-9-17-31(23,24)29-33(27,28)30-32(25,26)18-10-16-22(6)14-8-12-20(3)4;;;/h11-12,15-16H,7-10,13-14,17-18H2,1-6H3,(H,23,24)(H,25,26)(H,27,28);3*1H3/b21-15+,22-16+;;;. The van der Waals surface area contributed by atoms with E-state index in [0.717, 1.165) is 36.8 Å². The molecule has 0 fully saturated rings. The maximum absolute atomic E-state index is 12.0. The Bertz CT molecular complexity index is 825. The lowest BCUT2D eigenvalue weighted by atomic mass is 10.1. The summed E-state index contributed by atoms with van der Waals surface area (Å²) in [7, 11) is -15.3. The van der Waals surface area contributed by atoms with Crippen molar-refractivity contribution in [1.82, 2.24) is 18.5 Å². The molecular formula is C22H50N3O8P3. The average molecular weight is 578 g/mol. The molecule has 0 saturated carbocycles. The van der Waals surface area contributed by atoms with Crippen molar-refractivity contribution in [3.8, 4) is 0 Å². The summed E-state index contributed by atoms with van der Waals surface area (Å²) in [5.74, 6) is 0. The quantitative estimate of drug-likeness (QED) is 0.128. The van der Waals surface area contributed by atoms with E-state index in [1.54, 1.807) is 12.2 Å². The van der Waals surface area contributed by atoms with Gasteiger partial charge in [0.05, 0.1) is 0 Å². The fourth-order valence-corrected chi connectivity index (χ4v) is 7.09. The summed E-state index contributed by atoms with van der Waals surface area (Å²) in [4.78, 5) is 35.8. The van der Waals surface area contributed by atoms with Crippen molar-refractivity contribution >= 4 is 23.0 Å². The first kappa shape index (κ1) is 42.4. The highest BCUT2D eigenvalue weighted by Crippen LogP contribution is 2.62. The van der Waals surface area contributed by atoms with Crippen LogP contribution in [0.4, 0.5) is 0 Å². The smallest absolute Gasteiger partial charge is 0.277 e. The molecule has 0 aromatic carbocycles. The van der Waals surface area contributed by atoms with Crippen LogP contribution in [0.2, 0.25) is 0 Å². The first-order valence-corrected chi connectivity index (χ1v) is 15.9. The molecule has 0 spiro atoms. The van der Waals surface area contributed by atoms with Crippen LogP contribution in [-0.2, 0) is 22.3 Å². The van der Waals surface area contributed by atoms with Gasteiger partial charge in [-0.3, -0.25) is 13.2 Å². The third-order valence-electron chi connectivity index (χ3n) is 4.42. The maximum atomic E-state index is 12.0. The number of phosphoric acid groups is 1. The Morgan fingerprint density at radius 2 is 0.889 bits per heavy atom. The van der Waals surface area contributed by atoms with Gasteiger partial charge >= 0.3 is 0 Å². The Morgan fingerprint density at radius 1 is 0.583 bits per heavy atom. The van der Waals surface area contributed by atoms with E-state index in [1.165, 1.54) is 11.1 Å². The summed E-state index contributed by atoms with van der Waals surface area (Å²) in [6.07, 6.45) is 9.58. The van der Waals surface area contributed by atoms with Crippen molar-refractivity contribution in [2.75, 3.05) is 12.3 Å². The molecule has 0 aliphatic rings. The van der Waals surface area contributed by atoms with Gasteiger partial charge in [0.25, 0.3) is 7.82 Å². The number of hydrogen-bond donors (Lipinski definition) is 3. The molecular weight excluding hydrogens is 527 g/mol. The summed E-state index contributed by atoms with van der Waals surface area (Å²) >= 11 is 0. The van der Waals surface area contributed by atoms with Crippen LogP contribution in [0, 0.1) is 0 Å². The Labute approximate surface area is 217 Å². The fraction of sp³-hybridized carbons (Fsp3) is 0.636. The summed E-state index contributed by atoms with van der Waals surface area (Å²) in [5.41, 5.74) is 4.30. The molecule has 0 saturated heterocycles. The molecule has 0 aliphatic carbocycles. The number of rotatable bonds is 16. The lowest BCUT2D eigenvalue weighted by molar-refractivity contribution is -0.235. The Morgan fingerprint density at radius 3 is 1.17 bits per heavy atom. The third-order valence-corrected chi connectivity index (χ3v) is 9.63. The van der Waals surface area contributed by atoms with E-state index in [-0.39, 0.29) is 31.3 Å². The molecule has 216 valence electrons. The molecule has 14 heteroatoms. The van der Waals surface area contributed by atoms with Gasteiger partial charge in [0, 0.05) is 12.3 Å². The largest absolute Gasteiger partial charge is 0.778 e. The number of allylic oxidation sites excluding steroid dienone is 8. The van der Waals surface area contributed by atoms with Crippen molar-refractivity contribution < 1.29 is 37.0 Å². The van der Waals surface area contributed by atoms with Gasteiger partial charge in [-0.15, -0.1) is 0 Å². The van der Waals surface area contributed by atoms with Gasteiger partial charge in [-0.25, -0.2) is 0 Å². The van der Waals surface area contributed by atoms with Gasteiger partial charge in [-0.05, 0) is 80.1 Å². The SMILES string of the molecule is CC(C)=CCC/C(C)=C/CCP(=O)([O-])OP(=O)([O-])OP(=O)([O-])CC/C=C(\C)CCC=C(C)C.[NH4+].[NH4+].[NH4+]. The lowest BCUT2D eigenvalue weighted by Crippen LogP contribution is -2.16. The van der Waals surface area contributed by atoms with E-state index >= 15 is 0 Å². The van der Waals surface area contributed by atoms with E-state index in [0.29, 0.717) is 0 Å². The van der Waals surface area contributed by atoms with E-state index in [2.05, 4.69) is 20.8 Å².